The van der Waals surface area contributed by atoms with Gasteiger partial charge in [0.15, 0.2) is 18.4 Å². The molecule has 1 N–H and O–H groups in total. The van der Waals surface area contributed by atoms with Gasteiger partial charge in [-0.2, -0.15) is 0 Å². The van der Waals surface area contributed by atoms with Crippen LogP contribution in [0, 0.1) is 6.92 Å². The monoisotopic (exact) mass is 393 g/mol. The highest BCUT2D eigenvalue weighted by Gasteiger charge is 2.20. The molecule has 1 atom stereocenters. The minimum atomic E-state index is 0.151. The van der Waals surface area contributed by atoms with Crippen molar-refractivity contribution >= 4 is 16.6 Å². The molecule has 0 saturated carbocycles. The Morgan fingerprint density at radius 3 is 2.79 bits per heavy atom. The summed E-state index contributed by atoms with van der Waals surface area (Å²) in [5.74, 6) is 1.46. The van der Waals surface area contributed by atoms with E-state index >= 15 is 0 Å². The van der Waals surface area contributed by atoms with E-state index in [0.29, 0.717) is 23.2 Å². The van der Waals surface area contributed by atoms with E-state index in [0.717, 1.165) is 41.7 Å². The average Bonchev–Trinajstić information content (AvgIpc) is 2.73. The molecule has 1 saturated heterocycles. The Morgan fingerprint density at radius 2 is 2.00 bits per heavy atom. The number of benzene rings is 1. The zero-order valence-electron chi connectivity index (χ0n) is 17.2. The summed E-state index contributed by atoms with van der Waals surface area (Å²) in [6.07, 6.45) is 4.14. The van der Waals surface area contributed by atoms with Crippen molar-refractivity contribution in [2.75, 3.05) is 39.4 Å². The minimum absolute atomic E-state index is 0.151. The highest BCUT2D eigenvalue weighted by molar-refractivity contribution is 6.00. The Labute approximate surface area is 171 Å². The first-order valence-corrected chi connectivity index (χ1v) is 9.95. The van der Waals surface area contributed by atoms with Gasteiger partial charge in [-0.25, -0.2) is 0 Å². The van der Waals surface area contributed by atoms with Gasteiger partial charge < -0.3 is 19.7 Å². The molecule has 1 aliphatic heterocycles. The molecule has 152 valence electrons. The van der Waals surface area contributed by atoms with Crippen molar-refractivity contribution in [3.05, 3.63) is 42.1 Å². The molecule has 0 radical (unpaired) electrons. The van der Waals surface area contributed by atoms with Gasteiger partial charge in [-0.1, -0.05) is 24.3 Å². The van der Waals surface area contributed by atoms with Crippen molar-refractivity contribution in [1.82, 2.24) is 20.1 Å². The number of fused-ring (bicyclic) bond motifs is 1. The van der Waals surface area contributed by atoms with Gasteiger partial charge in [0.05, 0.1) is 0 Å². The lowest BCUT2D eigenvalue weighted by Crippen LogP contribution is -2.40. The maximum absolute atomic E-state index is 5.76. The Bertz CT molecular complexity index is 994. The van der Waals surface area contributed by atoms with Crippen molar-refractivity contribution in [2.45, 2.75) is 25.8 Å². The molecule has 3 aromatic rings. The summed E-state index contributed by atoms with van der Waals surface area (Å²) in [6.45, 7) is 4.28. The summed E-state index contributed by atoms with van der Waals surface area (Å²) in [5.41, 5.74) is 2.38. The zero-order chi connectivity index (χ0) is 20.2. The fourth-order valence-electron chi connectivity index (χ4n) is 3.82. The maximum atomic E-state index is 5.76. The Balaban J connectivity index is 1.74. The largest absolute Gasteiger partial charge is 0.465 e. The number of likely N-dealkylation sites (tertiary alicyclic amines) is 1. The van der Waals surface area contributed by atoms with Gasteiger partial charge in [0.25, 0.3) is 0 Å². The first-order valence-electron chi connectivity index (χ1n) is 9.95. The van der Waals surface area contributed by atoms with E-state index in [1.165, 1.54) is 6.42 Å². The van der Waals surface area contributed by atoms with Gasteiger partial charge in [-0.05, 0) is 45.0 Å². The van der Waals surface area contributed by atoms with Crippen LogP contribution in [-0.2, 0) is 4.74 Å². The summed E-state index contributed by atoms with van der Waals surface area (Å²) < 4.78 is 10.8. The van der Waals surface area contributed by atoms with Crippen LogP contribution in [0.5, 0.6) is 5.75 Å². The van der Waals surface area contributed by atoms with Crippen molar-refractivity contribution in [2.24, 2.45) is 0 Å². The van der Waals surface area contributed by atoms with E-state index in [1.54, 1.807) is 7.11 Å². The number of hydrogen-bond donors (Lipinski definition) is 1. The third kappa shape index (κ3) is 4.31. The lowest BCUT2D eigenvalue weighted by atomic mass is 10.0. The topological polar surface area (TPSA) is 72.4 Å². The molecule has 0 spiro atoms. The van der Waals surface area contributed by atoms with Crippen LogP contribution in [0.15, 0.2) is 36.5 Å². The first kappa shape index (κ1) is 19.5. The van der Waals surface area contributed by atoms with E-state index in [4.69, 9.17) is 9.47 Å². The molecule has 7 heteroatoms. The van der Waals surface area contributed by atoms with Gasteiger partial charge in [-0.3, -0.25) is 4.98 Å². The highest BCUT2D eigenvalue weighted by atomic mass is 16.7. The molecular weight excluding hydrogens is 366 g/mol. The molecule has 0 aliphatic carbocycles. The van der Waals surface area contributed by atoms with Crippen LogP contribution in [0.2, 0.25) is 0 Å². The summed E-state index contributed by atoms with van der Waals surface area (Å²) in [6, 6.07) is 10.5. The maximum Gasteiger partial charge on any atom is 0.188 e. The fourth-order valence-corrected chi connectivity index (χ4v) is 3.82. The standard InChI is InChI=1S/C22H27N5O2/c1-15-11-19(29-14-28-3)21(23-12-15)20-17-8-4-5-9-18(17)22(26-25-20)24-16-7-6-10-27(2)13-16/h4-5,8-9,11-12,16H,6-7,10,13-14H2,1-3H3,(H,24,26). The molecule has 3 heterocycles. The number of nitrogens with zero attached hydrogens (tertiary/aromatic N) is 4. The zero-order valence-corrected chi connectivity index (χ0v) is 17.2. The molecule has 1 aliphatic rings. The van der Waals surface area contributed by atoms with Crippen LogP contribution in [-0.4, -0.2) is 60.2 Å². The number of methoxy groups -OCH3 is 1. The molecule has 1 aromatic carbocycles. The van der Waals surface area contributed by atoms with Crippen molar-refractivity contribution in [1.29, 1.82) is 0 Å². The van der Waals surface area contributed by atoms with Gasteiger partial charge in [0.1, 0.15) is 11.4 Å². The summed E-state index contributed by atoms with van der Waals surface area (Å²) in [7, 11) is 3.76. The second-order valence-corrected chi connectivity index (χ2v) is 7.60. The number of aromatic nitrogens is 3. The van der Waals surface area contributed by atoms with Gasteiger partial charge in [-0.15, -0.1) is 10.2 Å². The average molecular weight is 393 g/mol. The number of aryl methyl sites for hydroxylation is 1. The minimum Gasteiger partial charge on any atom is -0.465 e. The Hall–Kier alpha value is -2.77. The molecule has 0 bridgehead atoms. The number of piperidine rings is 1. The van der Waals surface area contributed by atoms with Gasteiger partial charge >= 0.3 is 0 Å². The Morgan fingerprint density at radius 1 is 1.17 bits per heavy atom. The van der Waals surface area contributed by atoms with Crippen LogP contribution >= 0.6 is 0 Å². The van der Waals surface area contributed by atoms with Crippen LogP contribution < -0.4 is 10.1 Å². The van der Waals surface area contributed by atoms with Crippen LogP contribution in [0.3, 0.4) is 0 Å². The van der Waals surface area contributed by atoms with Crippen LogP contribution in [0.4, 0.5) is 5.82 Å². The molecule has 29 heavy (non-hydrogen) atoms. The second-order valence-electron chi connectivity index (χ2n) is 7.60. The number of ether oxygens (including phenoxy) is 2. The van der Waals surface area contributed by atoms with Gasteiger partial charge in [0, 0.05) is 36.7 Å². The number of nitrogens with one attached hydrogen (secondary N) is 1. The van der Waals surface area contributed by atoms with E-state index in [1.807, 2.05) is 31.3 Å². The lowest BCUT2D eigenvalue weighted by molar-refractivity contribution is 0.0512. The SMILES string of the molecule is COCOc1cc(C)cnc1-c1nnc(NC2CCCN(C)C2)c2ccccc12. The number of anilines is 1. The predicted molar refractivity (Wildman–Crippen MR) is 114 cm³/mol. The van der Waals surface area contributed by atoms with Crippen molar-refractivity contribution < 1.29 is 9.47 Å². The number of pyridine rings is 1. The Kier molecular flexibility index (Phi) is 5.87. The molecule has 1 fully saturated rings. The molecule has 1 unspecified atom stereocenters. The quantitative estimate of drug-likeness (QED) is 0.643. The first-order chi connectivity index (χ1) is 14.2. The molecular formula is C22H27N5O2. The normalized spacial score (nSPS) is 17.4. The van der Waals surface area contributed by atoms with E-state index in [-0.39, 0.29) is 6.79 Å². The van der Waals surface area contributed by atoms with Gasteiger partial charge in [0.2, 0.25) is 0 Å². The molecule has 2 aromatic heterocycles. The summed E-state index contributed by atoms with van der Waals surface area (Å²) in [4.78, 5) is 6.94. The van der Waals surface area contributed by atoms with Crippen LogP contribution in [0.25, 0.3) is 22.2 Å². The number of hydrogen-bond acceptors (Lipinski definition) is 7. The molecule has 4 rings (SSSR count). The van der Waals surface area contributed by atoms with E-state index < -0.39 is 0 Å². The molecule has 7 nitrogen and oxygen atoms in total. The number of rotatable bonds is 6. The third-order valence-corrected chi connectivity index (χ3v) is 5.20. The summed E-state index contributed by atoms with van der Waals surface area (Å²) in [5, 5.41) is 14.7. The highest BCUT2D eigenvalue weighted by Crippen LogP contribution is 2.34. The lowest BCUT2D eigenvalue weighted by Gasteiger charge is -2.30. The summed E-state index contributed by atoms with van der Waals surface area (Å²) >= 11 is 0. The predicted octanol–water partition coefficient (Wildman–Crippen LogP) is 3.49. The molecule has 0 amide bonds. The van der Waals surface area contributed by atoms with Crippen LogP contribution in [0.1, 0.15) is 18.4 Å². The fraction of sp³-hybridized carbons (Fsp3) is 0.409. The van der Waals surface area contributed by atoms with Crippen molar-refractivity contribution in [3.63, 3.8) is 0 Å². The second kappa shape index (κ2) is 8.71. The van der Waals surface area contributed by atoms with E-state index in [9.17, 15) is 0 Å². The smallest absolute Gasteiger partial charge is 0.188 e. The third-order valence-electron chi connectivity index (χ3n) is 5.20. The number of likely N-dealkylation sites (N-methyl/N-ethyl adjacent to an activating group) is 1. The van der Waals surface area contributed by atoms with Crippen molar-refractivity contribution in [3.8, 4) is 17.1 Å². The van der Waals surface area contributed by atoms with E-state index in [2.05, 4.69) is 44.6 Å².